The highest BCUT2D eigenvalue weighted by Crippen LogP contribution is 2.28. The predicted molar refractivity (Wildman–Crippen MR) is 206 cm³/mol. The van der Waals surface area contributed by atoms with E-state index in [-0.39, 0.29) is 36.1 Å². The van der Waals surface area contributed by atoms with Crippen molar-refractivity contribution in [3.05, 3.63) is 58.7 Å². The average Bonchev–Trinajstić information content (AvgIpc) is 3.35. The van der Waals surface area contributed by atoms with E-state index in [2.05, 4.69) is 22.0 Å². The zero-order valence-corrected chi connectivity index (χ0v) is 32.3. The van der Waals surface area contributed by atoms with Crippen molar-refractivity contribution in [2.45, 2.75) is 90.3 Å². The van der Waals surface area contributed by atoms with Crippen LogP contribution in [-0.2, 0) is 31.9 Å². The van der Waals surface area contributed by atoms with E-state index >= 15 is 0 Å². The summed E-state index contributed by atoms with van der Waals surface area (Å²) in [5.74, 6) is -0.139. The van der Waals surface area contributed by atoms with E-state index in [1.807, 2.05) is 60.0 Å². The molecule has 54 heavy (non-hydrogen) atoms. The molecule has 2 N–H and O–H groups in total. The molecule has 4 heterocycles. The third-order valence-electron chi connectivity index (χ3n) is 11.6. The van der Waals surface area contributed by atoms with Crippen LogP contribution in [0, 0.1) is 13.8 Å². The second kappa shape index (κ2) is 18.3. The normalized spacial score (nSPS) is 19.8. The van der Waals surface area contributed by atoms with Crippen LogP contribution in [-0.4, -0.2) is 144 Å². The number of unbranched alkanes of at least 4 members (excludes halogenated alkanes) is 1. The van der Waals surface area contributed by atoms with Gasteiger partial charge in [-0.3, -0.25) is 19.4 Å². The third kappa shape index (κ3) is 9.84. The van der Waals surface area contributed by atoms with Crippen LogP contribution in [0.2, 0.25) is 0 Å². The lowest BCUT2D eigenvalue weighted by molar-refractivity contribution is -0.145. The van der Waals surface area contributed by atoms with Gasteiger partial charge in [-0.2, -0.15) is 0 Å². The average molecular weight is 747 g/mol. The quantitative estimate of drug-likeness (QED) is 0.251. The maximum Gasteiger partial charge on any atom is 0.410 e. The minimum absolute atomic E-state index is 0.0000631. The fraction of sp³-hybridized carbons (Fsp3) is 0.610. The molecule has 13 nitrogen and oxygen atoms in total. The number of anilines is 1. The number of amides is 4. The number of fused-ring (bicyclic) bond motifs is 1. The van der Waals surface area contributed by atoms with Gasteiger partial charge < -0.3 is 34.6 Å². The Morgan fingerprint density at radius 2 is 1.52 bits per heavy atom. The number of piperidine rings is 2. The molecular formula is C41H58N6O7. The summed E-state index contributed by atoms with van der Waals surface area (Å²) in [5, 5.41) is 13.4. The Morgan fingerprint density at radius 1 is 0.870 bits per heavy atom. The van der Waals surface area contributed by atoms with Gasteiger partial charge in [0.2, 0.25) is 0 Å². The maximum absolute atomic E-state index is 14.2. The van der Waals surface area contributed by atoms with Crippen molar-refractivity contribution < 1.29 is 33.8 Å². The Bertz CT molecular complexity index is 1610. The van der Waals surface area contributed by atoms with E-state index in [9.17, 15) is 24.3 Å². The fourth-order valence-electron chi connectivity index (χ4n) is 8.35. The van der Waals surface area contributed by atoms with Gasteiger partial charge in [0.15, 0.2) is 6.10 Å². The van der Waals surface area contributed by atoms with Crippen molar-refractivity contribution in [1.82, 2.24) is 24.5 Å². The molecule has 2 aromatic rings. The lowest BCUT2D eigenvalue weighted by Crippen LogP contribution is -2.55. The number of para-hydroxylation sites is 1. The standard InChI is InChI=1S/C41H58N6O7/c1-4-5-24-53-37(48)28-43-20-22-44(23-21-43)33-11-15-45(16-12-33)39(50)36(27-31-25-29(2)38(49)30(3)26-31)54-41(52)46-17-13-34(14-18-46)47-19-10-32-8-6-7-9-35(32)42-40(47)51/h6-9,25-26,33-34,36,49H,4-5,10-24,27-28H2,1-3H3,(H,42,51)/t36-/m1/s1. The highest BCUT2D eigenvalue weighted by Gasteiger charge is 2.37. The van der Waals surface area contributed by atoms with E-state index in [0.29, 0.717) is 75.9 Å². The molecule has 294 valence electrons. The molecular weight excluding hydrogens is 688 g/mol. The first kappa shape index (κ1) is 39.3. The fourth-order valence-corrected chi connectivity index (χ4v) is 8.35. The number of carbonyl (C=O) groups is 4. The first-order valence-electron chi connectivity index (χ1n) is 19.9. The molecule has 0 bridgehead atoms. The lowest BCUT2D eigenvalue weighted by atomic mass is 9.98. The molecule has 0 unspecified atom stereocenters. The first-order chi connectivity index (χ1) is 26.1. The summed E-state index contributed by atoms with van der Waals surface area (Å²) in [6.07, 6.45) is 4.23. The summed E-state index contributed by atoms with van der Waals surface area (Å²) in [6.45, 7) is 12.5. The van der Waals surface area contributed by atoms with Crippen molar-refractivity contribution in [3.63, 3.8) is 0 Å². The Labute approximate surface area is 319 Å². The number of piperazine rings is 1. The van der Waals surface area contributed by atoms with Crippen molar-refractivity contribution in [3.8, 4) is 5.75 Å². The molecule has 0 radical (unpaired) electrons. The molecule has 4 aliphatic rings. The first-order valence-corrected chi connectivity index (χ1v) is 19.9. The summed E-state index contributed by atoms with van der Waals surface area (Å²) in [4.78, 5) is 63.2. The summed E-state index contributed by atoms with van der Waals surface area (Å²) in [7, 11) is 0. The second-order valence-corrected chi connectivity index (χ2v) is 15.3. The molecule has 0 saturated carbocycles. The minimum Gasteiger partial charge on any atom is -0.507 e. The highest BCUT2D eigenvalue weighted by molar-refractivity contribution is 5.91. The van der Waals surface area contributed by atoms with Gasteiger partial charge in [-0.25, -0.2) is 9.59 Å². The Hall–Kier alpha value is -4.36. The van der Waals surface area contributed by atoms with Crippen molar-refractivity contribution >= 4 is 29.7 Å². The van der Waals surface area contributed by atoms with Crippen LogP contribution >= 0.6 is 0 Å². The SMILES string of the molecule is CCCCOC(=O)CN1CCN(C2CCN(C(=O)[C@@H](Cc3cc(C)c(O)c(C)c3)OC(=O)N3CCC(N4CCc5ccccc5NC4=O)CC3)CC2)CC1. The zero-order valence-electron chi connectivity index (χ0n) is 32.3. The van der Waals surface area contributed by atoms with Gasteiger partial charge in [-0.1, -0.05) is 43.7 Å². The molecule has 2 aromatic carbocycles. The summed E-state index contributed by atoms with van der Waals surface area (Å²) in [5.41, 5.74) is 4.20. The van der Waals surface area contributed by atoms with Crippen LogP contribution in [0.15, 0.2) is 36.4 Å². The number of phenolic OH excluding ortho intramolecular Hbond substituents is 1. The number of rotatable bonds is 11. The van der Waals surface area contributed by atoms with Gasteiger partial charge in [0.1, 0.15) is 5.75 Å². The number of benzene rings is 2. The van der Waals surface area contributed by atoms with Crippen molar-refractivity contribution in [2.24, 2.45) is 0 Å². The molecule has 0 aliphatic carbocycles. The van der Waals surface area contributed by atoms with E-state index in [4.69, 9.17) is 9.47 Å². The number of nitrogens with zero attached hydrogens (tertiary/aromatic N) is 5. The van der Waals surface area contributed by atoms with Gasteiger partial charge in [0.05, 0.1) is 13.2 Å². The Balaban J connectivity index is 1.03. The summed E-state index contributed by atoms with van der Waals surface area (Å²) in [6, 6.07) is 11.8. The summed E-state index contributed by atoms with van der Waals surface area (Å²) >= 11 is 0. The monoisotopic (exact) mass is 746 g/mol. The molecule has 0 spiro atoms. The van der Waals surface area contributed by atoms with Gasteiger partial charge in [-0.05, 0) is 80.7 Å². The molecule has 4 aliphatic heterocycles. The number of phenols is 1. The van der Waals surface area contributed by atoms with Crippen LogP contribution < -0.4 is 5.32 Å². The minimum atomic E-state index is -1.01. The van der Waals surface area contributed by atoms with E-state index in [1.165, 1.54) is 0 Å². The number of carbonyl (C=O) groups excluding carboxylic acids is 4. The largest absolute Gasteiger partial charge is 0.507 e. The second-order valence-electron chi connectivity index (χ2n) is 15.3. The van der Waals surface area contributed by atoms with Crippen LogP contribution in [0.5, 0.6) is 5.75 Å². The number of nitrogens with one attached hydrogen (secondary N) is 1. The van der Waals surface area contributed by atoms with Crippen LogP contribution in [0.25, 0.3) is 0 Å². The number of aromatic hydroxyl groups is 1. The third-order valence-corrected chi connectivity index (χ3v) is 11.6. The molecule has 0 aromatic heterocycles. The predicted octanol–water partition coefficient (Wildman–Crippen LogP) is 4.56. The molecule has 3 saturated heterocycles. The molecule has 4 amide bonds. The summed E-state index contributed by atoms with van der Waals surface area (Å²) < 4.78 is 11.4. The van der Waals surface area contributed by atoms with Crippen LogP contribution in [0.3, 0.4) is 0 Å². The van der Waals surface area contributed by atoms with E-state index in [1.54, 1.807) is 4.90 Å². The van der Waals surface area contributed by atoms with Gasteiger partial charge >= 0.3 is 18.1 Å². The molecule has 13 heteroatoms. The molecule has 3 fully saturated rings. The molecule has 6 rings (SSSR count). The number of likely N-dealkylation sites (tertiary alicyclic amines) is 2. The van der Waals surface area contributed by atoms with Gasteiger partial charge in [0, 0.05) is 83.1 Å². The van der Waals surface area contributed by atoms with Crippen molar-refractivity contribution in [2.75, 3.05) is 77.4 Å². The number of ether oxygens (including phenoxy) is 2. The van der Waals surface area contributed by atoms with Crippen LogP contribution in [0.1, 0.15) is 67.7 Å². The maximum atomic E-state index is 14.2. The van der Waals surface area contributed by atoms with E-state index < -0.39 is 12.2 Å². The molecule has 1 atom stereocenters. The Morgan fingerprint density at radius 3 is 2.20 bits per heavy atom. The Kier molecular flexibility index (Phi) is 13.3. The number of hydrogen-bond acceptors (Lipinski definition) is 9. The highest BCUT2D eigenvalue weighted by atomic mass is 16.6. The number of urea groups is 1. The zero-order chi connectivity index (χ0) is 38.2. The number of hydrogen-bond donors (Lipinski definition) is 2. The smallest absolute Gasteiger partial charge is 0.410 e. The number of aryl methyl sites for hydroxylation is 2. The van der Waals surface area contributed by atoms with Crippen molar-refractivity contribution in [1.29, 1.82) is 0 Å². The van der Waals surface area contributed by atoms with Gasteiger partial charge in [-0.15, -0.1) is 0 Å². The lowest BCUT2D eigenvalue weighted by Gasteiger charge is -2.43. The van der Waals surface area contributed by atoms with Gasteiger partial charge in [0.25, 0.3) is 5.91 Å². The van der Waals surface area contributed by atoms with E-state index in [0.717, 1.165) is 75.1 Å². The number of esters is 1. The van der Waals surface area contributed by atoms with Crippen LogP contribution in [0.4, 0.5) is 15.3 Å². The topological polar surface area (TPSA) is 135 Å².